The number of benzene rings is 1. The first-order valence-corrected chi connectivity index (χ1v) is 6.63. The lowest BCUT2D eigenvalue weighted by molar-refractivity contribution is 1.04. The normalized spacial score (nSPS) is 15.8. The highest BCUT2D eigenvalue weighted by Gasteiger charge is 2.08. The van der Waals surface area contributed by atoms with Gasteiger partial charge < -0.3 is 5.32 Å². The van der Waals surface area contributed by atoms with E-state index in [1.807, 2.05) is 19.1 Å². The van der Waals surface area contributed by atoms with E-state index in [9.17, 15) is 0 Å². The van der Waals surface area contributed by atoms with E-state index >= 15 is 0 Å². The van der Waals surface area contributed by atoms with E-state index in [2.05, 4.69) is 55.5 Å². The van der Waals surface area contributed by atoms with Crippen LogP contribution in [-0.2, 0) is 0 Å². The van der Waals surface area contributed by atoms with Gasteiger partial charge in [-0.2, -0.15) is 0 Å². The largest absolute Gasteiger partial charge is 0.340 e. The van der Waals surface area contributed by atoms with Crippen LogP contribution in [0.1, 0.15) is 23.6 Å². The molecule has 102 valence electrons. The van der Waals surface area contributed by atoms with Crippen LogP contribution >= 0.6 is 0 Å². The van der Waals surface area contributed by atoms with E-state index in [1.54, 1.807) is 6.21 Å². The van der Waals surface area contributed by atoms with E-state index in [1.165, 1.54) is 11.1 Å². The number of aliphatic imine (C=N–C) groups is 1. The fourth-order valence-corrected chi connectivity index (χ4v) is 1.84. The van der Waals surface area contributed by atoms with E-state index in [0.29, 0.717) is 0 Å². The molecule has 0 amide bonds. The lowest BCUT2D eigenvalue weighted by Gasteiger charge is -2.16. The Morgan fingerprint density at radius 3 is 2.60 bits per heavy atom. The maximum absolute atomic E-state index is 4.31. The Balaban J connectivity index is 2.25. The van der Waals surface area contributed by atoms with Crippen LogP contribution in [0.5, 0.6) is 0 Å². The second-order valence-corrected chi connectivity index (χ2v) is 5.12. The number of nitrogens with zero attached hydrogens (tertiary/aromatic N) is 1. The van der Waals surface area contributed by atoms with Crippen molar-refractivity contribution >= 4 is 11.9 Å². The molecule has 0 saturated heterocycles. The van der Waals surface area contributed by atoms with Gasteiger partial charge in [0.1, 0.15) is 5.82 Å². The minimum absolute atomic E-state index is 0.786. The van der Waals surface area contributed by atoms with Gasteiger partial charge in [0.25, 0.3) is 0 Å². The van der Waals surface area contributed by atoms with Gasteiger partial charge in [0, 0.05) is 11.9 Å². The first-order valence-electron chi connectivity index (χ1n) is 6.63. The monoisotopic (exact) mass is 264 g/mol. The molecule has 2 heteroatoms. The van der Waals surface area contributed by atoms with Gasteiger partial charge in [-0.25, -0.2) is 4.99 Å². The first-order chi connectivity index (χ1) is 9.47. The number of hydrogen-bond donors (Lipinski definition) is 1. The molecule has 2 rings (SSSR count). The smallest absolute Gasteiger partial charge is 0.130 e. The van der Waals surface area contributed by atoms with Crippen LogP contribution in [0, 0.1) is 13.8 Å². The minimum atomic E-state index is 0.786. The summed E-state index contributed by atoms with van der Waals surface area (Å²) in [6.45, 7) is 14.0. The number of rotatable bonds is 3. The zero-order chi connectivity index (χ0) is 14.7. The molecule has 1 aromatic carbocycles. The third-order valence-electron chi connectivity index (χ3n) is 3.39. The molecule has 0 saturated carbocycles. The molecule has 0 aliphatic carbocycles. The van der Waals surface area contributed by atoms with Crippen molar-refractivity contribution in [2.75, 3.05) is 0 Å². The van der Waals surface area contributed by atoms with Crippen LogP contribution < -0.4 is 5.32 Å². The van der Waals surface area contributed by atoms with Gasteiger partial charge in [-0.3, -0.25) is 0 Å². The van der Waals surface area contributed by atoms with Gasteiger partial charge in [-0.15, -0.1) is 0 Å². The molecule has 1 aliphatic heterocycles. The van der Waals surface area contributed by atoms with Gasteiger partial charge in [-0.05, 0) is 61.3 Å². The summed E-state index contributed by atoms with van der Waals surface area (Å²) in [4.78, 5) is 4.31. The van der Waals surface area contributed by atoms with E-state index in [-0.39, 0.29) is 0 Å². The minimum Gasteiger partial charge on any atom is -0.340 e. The highest BCUT2D eigenvalue weighted by Crippen LogP contribution is 2.20. The Morgan fingerprint density at radius 1 is 1.20 bits per heavy atom. The average molecular weight is 264 g/mol. The van der Waals surface area contributed by atoms with Crippen molar-refractivity contribution in [3.8, 4) is 0 Å². The zero-order valence-corrected chi connectivity index (χ0v) is 12.3. The van der Waals surface area contributed by atoms with E-state index < -0.39 is 0 Å². The summed E-state index contributed by atoms with van der Waals surface area (Å²) in [6.07, 6.45) is 5.69. The fraction of sp³-hybridized carbons (Fsp3) is 0.167. The SMILES string of the molecule is C=C(C)C(=C)/C=C1/N=CC=C(c2ccc(C)c(C)c2)N1. The van der Waals surface area contributed by atoms with Crippen LogP contribution in [-0.4, -0.2) is 6.21 Å². The van der Waals surface area contributed by atoms with Crippen molar-refractivity contribution in [3.63, 3.8) is 0 Å². The standard InChI is InChI=1S/C18H20N2/c1-12(2)14(4)11-18-19-9-8-17(20-18)16-7-6-13(3)15(5)10-16/h6-11,20H,1,4H2,2-3,5H3/b18-11-. The van der Waals surface area contributed by atoms with E-state index in [4.69, 9.17) is 0 Å². The third-order valence-corrected chi connectivity index (χ3v) is 3.39. The second kappa shape index (κ2) is 5.74. The second-order valence-electron chi connectivity index (χ2n) is 5.12. The molecule has 0 spiro atoms. The Kier molecular flexibility index (Phi) is 4.04. The molecule has 0 fully saturated rings. The molecule has 0 unspecified atom stereocenters. The summed E-state index contributed by atoms with van der Waals surface area (Å²) in [6, 6.07) is 6.43. The van der Waals surface area contributed by atoms with Crippen molar-refractivity contribution in [1.29, 1.82) is 0 Å². The van der Waals surface area contributed by atoms with E-state index in [0.717, 1.165) is 28.2 Å². The molecule has 0 aromatic heterocycles. The summed E-state index contributed by atoms with van der Waals surface area (Å²) in [5.74, 6) is 0.786. The highest BCUT2D eigenvalue weighted by molar-refractivity contribution is 5.87. The quantitative estimate of drug-likeness (QED) is 0.809. The fourth-order valence-electron chi connectivity index (χ4n) is 1.84. The number of allylic oxidation sites excluding steroid dienone is 4. The Hall–Kier alpha value is -2.35. The molecule has 1 aromatic rings. The third kappa shape index (κ3) is 3.15. The Morgan fingerprint density at radius 2 is 1.95 bits per heavy atom. The van der Waals surface area contributed by atoms with Crippen molar-refractivity contribution in [3.05, 3.63) is 77.2 Å². The predicted molar refractivity (Wildman–Crippen MR) is 87.6 cm³/mol. The van der Waals surface area contributed by atoms with Crippen LogP contribution in [0.2, 0.25) is 0 Å². The van der Waals surface area contributed by atoms with Crippen molar-refractivity contribution in [1.82, 2.24) is 5.32 Å². The van der Waals surface area contributed by atoms with Gasteiger partial charge in [0.15, 0.2) is 0 Å². The topological polar surface area (TPSA) is 24.4 Å². The maximum atomic E-state index is 4.31. The molecule has 20 heavy (non-hydrogen) atoms. The molecule has 0 radical (unpaired) electrons. The van der Waals surface area contributed by atoms with Crippen molar-refractivity contribution in [2.24, 2.45) is 4.99 Å². The van der Waals surface area contributed by atoms with Crippen molar-refractivity contribution in [2.45, 2.75) is 20.8 Å². The van der Waals surface area contributed by atoms with Crippen molar-refractivity contribution < 1.29 is 0 Å². The molecule has 2 nitrogen and oxygen atoms in total. The van der Waals surface area contributed by atoms with Crippen LogP contribution in [0.25, 0.3) is 5.70 Å². The molecule has 0 atom stereocenters. The summed E-state index contributed by atoms with van der Waals surface area (Å²) in [5, 5.41) is 3.32. The lowest BCUT2D eigenvalue weighted by atomic mass is 10.0. The summed E-state index contributed by atoms with van der Waals surface area (Å²) in [5.41, 5.74) is 6.60. The summed E-state index contributed by atoms with van der Waals surface area (Å²) >= 11 is 0. The number of hydrogen-bond acceptors (Lipinski definition) is 2. The highest BCUT2D eigenvalue weighted by atomic mass is 15.1. The zero-order valence-electron chi connectivity index (χ0n) is 12.3. The van der Waals surface area contributed by atoms with Crippen LogP contribution in [0.3, 0.4) is 0 Å². The molecule has 1 heterocycles. The van der Waals surface area contributed by atoms with Crippen LogP contribution in [0.15, 0.2) is 65.5 Å². The number of aryl methyl sites for hydroxylation is 2. The predicted octanol–water partition coefficient (Wildman–Crippen LogP) is 4.29. The van der Waals surface area contributed by atoms with Gasteiger partial charge in [0.05, 0.1) is 0 Å². The summed E-state index contributed by atoms with van der Waals surface area (Å²) in [7, 11) is 0. The molecule has 1 aliphatic rings. The molecule has 1 N–H and O–H groups in total. The van der Waals surface area contributed by atoms with Crippen LogP contribution in [0.4, 0.5) is 0 Å². The van der Waals surface area contributed by atoms with Gasteiger partial charge in [-0.1, -0.05) is 30.9 Å². The van der Waals surface area contributed by atoms with Gasteiger partial charge in [0.2, 0.25) is 0 Å². The molecular weight excluding hydrogens is 244 g/mol. The maximum Gasteiger partial charge on any atom is 0.130 e. The Bertz CT molecular complexity index is 658. The molecular formula is C18H20N2. The van der Waals surface area contributed by atoms with Gasteiger partial charge >= 0.3 is 0 Å². The Labute approximate surface area is 120 Å². The number of nitrogens with one attached hydrogen (secondary N) is 1. The first kappa shape index (κ1) is 14.1. The summed E-state index contributed by atoms with van der Waals surface area (Å²) < 4.78 is 0. The average Bonchev–Trinajstić information content (AvgIpc) is 2.42. The lowest BCUT2D eigenvalue weighted by Crippen LogP contribution is -2.14. The molecule has 0 bridgehead atoms.